The number of carbonyl (C=O) groups is 1. The molecule has 1 heterocycles. The van der Waals surface area contributed by atoms with Gasteiger partial charge in [-0.3, -0.25) is 4.79 Å². The standard InChI is InChI=1S/C15H17ClN2OS/c1-10-6-7-20-14(10)9-17-11-4-5-13(16)12(8-11)15(19)18(2)3/h4-8,17H,9H2,1-3H3. The topological polar surface area (TPSA) is 32.3 Å². The largest absolute Gasteiger partial charge is 0.380 e. The number of hydrogen-bond acceptors (Lipinski definition) is 3. The van der Waals surface area contributed by atoms with Crippen molar-refractivity contribution >= 4 is 34.5 Å². The normalized spacial score (nSPS) is 10.4. The average Bonchev–Trinajstić information content (AvgIpc) is 2.82. The van der Waals surface area contributed by atoms with E-state index < -0.39 is 0 Å². The van der Waals surface area contributed by atoms with Crippen LogP contribution in [0.2, 0.25) is 5.02 Å². The minimum absolute atomic E-state index is 0.0917. The molecule has 1 amide bonds. The summed E-state index contributed by atoms with van der Waals surface area (Å²) in [7, 11) is 3.43. The second-order valence-corrected chi connectivity index (χ2v) is 6.18. The van der Waals surface area contributed by atoms with Crippen LogP contribution < -0.4 is 5.32 Å². The van der Waals surface area contributed by atoms with Crippen LogP contribution in [-0.4, -0.2) is 24.9 Å². The van der Waals surface area contributed by atoms with Crippen LogP contribution >= 0.6 is 22.9 Å². The van der Waals surface area contributed by atoms with E-state index >= 15 is 0 Å². The van der Waals surface area contributed by atoms with E-state index in [2.05, 4.69) is 23.7 Å². The molecule has 0 aliphatic carbocycles. The van der Waals surface area contributed by atoms with E-state index in [0.717, 1.165) is 12.2 Å². The van der Waals surface area contributed by atoms with Crippen molar-refractivity contribution < 1.29 is 4.79 Å². The van der Waals surface area contributed by atoms with E-state index in [0.29, 0.717) is 10.6 Å². The molecule has 0 bridgehead atoms. The lowest BCUT2D eigenvalue weighted by Gasteiger charge is -2.13. The zero-order valence-corrected chi connectivity index (χ0v) is 13.3. The van der Waals surface area contributed by atoms with Gasteiger partial charge in [-0.15, -0.1) is 11.3 Å². The maximum Gasteiger partial charge on any atom is 0.254 e. The summed E-state index contributed by atoms with van der Waals surface area (Å²) in [5, 5.41) is 5.88. The highest BCUT2D eigenvalue weighted by molar-refractivity contribution is 7.10. The van der Waals surface area contributed by atoms with Gasteiger partial charge in [0.1, 0.15) is 0 Å². The lowest BCUT2D eigenvalue weighted by molar-refractivity contribution is 0.0828. The molecule has 0 fully saturated rings. The molecule has 3 nitrogen and oxygen atoms in total. The van der Waals surface area contributed by atoms with Crippen molar-refractivity contribution in [2.75, 3.05) is 19.4 Å². The average molecular weight is 309 g/mol. The fraction of sp³-hybridized carbons (Fsp3) is 0.267. The fourth-order valence-corrected chi connectivity index (χ4v) is 2.85. The van der Waals surface area contributed by atoms with E-state index in [1.54, 1.807) is 37.6 Å². The number of thiophene rings is 1. The van der Waals surface area contributed by atoms with Crippen LogP contribution in [0.5, 0.6) is 0 Å². The Hall–Kier alpha value is -1.52. The first kappa shape index (κ1) is 14.9. The third kappa shape index (κ3) is 3.32. The molecule has 0 unspecified atom stereocenters. The summed E-state index contributed by atoms with van der Waals surface area (Å²) in [6.45, 7) is 2.84. The second-order valence-electron chi connectivity index (χ2n) is 4.77. The zero-order valence-electron chi connectivity index (χ0n) is 11.7. The van der Waals surface area contributed by atoms with Crippen molar-refractivity contribution in [3.8, 4) is 0 Å². The monoisotopic (exact) mass is 308 g/mol. The number of amides is 1. The smallest absolute Gasteiger partial charge is 0.254 e. The van der Waals surface area contributed by atoms with Gasteiger partial charge in [-0.1, -0.05) is 11.6 Å². The van der Waals surface area contributed by atoms with Crippen molar-refractivity contribution in [3.63, 3.8) is 0 Å². The lowest BCUT2D eigenvalue weighted by Crippen LogP contribution is -2.22. The van der Waals surface area contributed by atoms with Gasteiger partial charge < -0.3 is 10.2 Å². The van der Waals surface area contributed by atoms with Crippen LogP contribution in [0.25, 0.3) is 0 Å². The maximum atomic E-state index is 12.0. The minimum atomic E-state index is -0.0917. The Kier molecular flexibility index (Phi) is 4.68. The van der Waals surface area contributed by atoms with Gasteiger partial charge in [0.25, 0.3) is 5.91 Å². The molecule has 20 heavy (non-hydrogen) atoms. The van der Waals surface area contributed by atoms with Crippen LogP contribution in [0.1, 0.15) is 20.8 Å². The quantitative estimate of drug-likeness (QED) is 0.925. The van der Waals surface area contributed by atoms with Crippen molar-refractivity contribution in [2.24, 2.45) is 0 Å². The van der Waals surface area contributed by atoms with Crippen LogP contribution in [0.3, 0.4) is 0 Å². The predicted molar refractivity (Wildman–Crippen MR) is 85.9 cm³/mol. The molecule has 1 aromatic heterocycles. The van der Waals surface area contributed by atoms with Gasteiger partial charge in [-0.05, 0) is 42.1 Å². The molecule has 1 aromatic carbocycles. The SMILES string of the molecule is Cc1ccsc1CNc1ccc(Cl)c(C(=O)N(C)C)c1. The van der Waals surface area contributed by atoms with Crippen LogP contribution in [0, 0.1) is 6.92 Å². The number of halogens is 1. The maximum absolute atomic E-state index is 12.0. The molecule has 0 saturated carbocycles. The summed E-state index contributed by atoms with van der Waals surface area (Å²) in [5.74, 6) is -0.0917. The number of hydrogen-bond donors (Lipinski definition) is 1. The minimum Gasteiger partial charge on any atom is -0.380 e. The van der Waals surface area contributed by atoms with Crippen molar-refractivity contribution in [1.29, 1.82) is 0 Å². The summed E-state index contributed by atoms with van der Waals surface area (Å²) < 4.78 is 0. The molecule has 5 heteroatoms. The van der Waals surface area contributed by atoms with Gasteiger partial charge in [0, 0.05) is 31.2 Å². The third-order valence-corrected chi connectivity index (χ3v) is 4.38. The van der Waals surface area contributed by atoms with Gasteiger partial charge in [0.2, 0.25) is 0 Å². The van der Waals surface area contributed by atoms with Gasteiger partial charge in [-0.2, -0.15) is 0 Å². The highest BCUT2D eigenvalue weighted by Crippen LogP contribution is 2.23. The number of anilines is 1. The molecule has 0 radical (unpaired) electrons. The number of benzene rings is 1. The van der Waals surface area contributed by atoms with Gasteiger partial charge in [-0.25, -0.2) is 0 Å². The molecular weight excluding hydrogens is 292 g/mol. The Morgan fingerprint density at radius 1 is 1.35 bits per heavy atom. The first-order valence-electron chi connectivity index (χ1n) is 6.27. The highest BCUT2D eigenvalue weighted by Gasteiger charge is 2.13. The lowest BCUT2D eigenvalue weighted by atomic mass is 10.1. The van der Waals surface area contributed by atoms with Gasteiger partial charge in [0.05, 0.1) is 10.6 Å². The Morgan fingerprint density at radius 2 is 2.10 bits per heavy atom. The Morgan fingerprint density at radius 3 is 2.70 bits per heavy atom. The number of nitrogens with one attached hydrogen (secondary N) is 1. The predicted octanol–water partition coefficient (Wildman–Crippen LogP) is 4.02. The summed E-state index contributed by atoms with van der Waals surface area (Å²) in [5.41, 5.74) is 2.69. The van der Waals surface area contributed by atoms with Gasteiger partial charge >= 0.3 is 0 Å². The Bertz CT molecular complexity index is 622. The van der Waals surface area contributed by atoms with Crippen LogP contribution in [0.4, 0.5) is 5.69 Å². The molecule has 0 spiro atoms. The van der Waals surface area contributed by atoms with E-state index in [-0.39, 0.29) is 5.91 Å². The van der Waals surface area contributed by atoms with E-state index in [1.165, 1.54) is 15.3 Å². The van der Waals surface area contributed by atoms with Crippen molar-refractivity contribution in [1.82, 2.24) is 4.90 Å². The molecule has 2 rings (SSSR count). The van der Waals surface area contributed by atoms with Crippen LogP contribution in [0.15, 0.2) is 29.6 Å². The number of aryl methyl sites for hydroxylation is 1. The molecule has 0 aliphatic heterocycles. The van der Waals surface area contributed by atoms with Gasteiger partial charge in [0.15, 0.2) is 0 Å². The van der Waals surface area contributed by atoms with Crippen LogP contribution in [-0.2, 0) is 6.54 Å². The Balaban J connectivity index is 2.15. The summed E-state index contributed by atoms with van der Waals surface area (Å²) in [6, 6.07) is 7.54. The molecule has 0 aliphatic rings. The molecule has 0 atom stereocenters. The molecule has 106 valence electrons. The number of nitrogens with zero attached hydrogens (tertiary/aromatic N) is 1. The number of rotatable bonds is 4. The first-order chi connectivity index (χ1) is 9.49. The fourth-order valence-electron chi connectivity index (χ4n) is 1.81. The molecular formula is C15H17ClN2OS. The third-order valence-electron chi connectivity index (χ3n) is 3.02. The highest BCUT2D eigenvalue weighted by atomic mass is 35.5. The first-order valence-corrected chi connectivity index (χ1v) is 7.53. The summed E-state index contributed by atoms with van der Waals surface area (Å²) in [4.78, 5) is 14.8. The Labute approximate surface area is 128 Å². The van der Waals surface area contributed by atoms with Crippen molar-refractivity contribution in [3.05, 3.63) is 50.7 Å². The second kappa shape index (κ2) is 6.29. The number of carbonyl (C=O) groups excluding carboxylic acids is 1. The van der Waals surface area contributed by atoms with E-state index in [9.17, 15) is 4.79 Å². The van der Waals surface area contributed by atoms with E-state index in [4.69, 9.17) is 11.6 Å². The molecule has 1 N–H and O–H groups in total. The molecule has 2 aromatic rings. The van der Waals surface area contributed by atoms with Crippen molar-refractivity contribution in [2.45, 2.75) is 13.5 Å². The zero-order chi connectivity index (χ0) is 14.7. The summed E-state index contributed by atoms with van der Waals surface area (Å²) in [6.07, 6.45) is 0. The molecule has 0 saturated heterocycles. The summed E-state index contributed by atoms with van der Waals surface area (Å²) >= 11 is 7.81. The van der Waals surface area contributed by atoms with E-state index in [1.807, 2.05) is 6.07 Å².